The highest BCUT2D eigenvalue weighted by molar-refractivity contribution is 5.12. The van der Waals surface area contributed by atoms with Crippen LogP contribution in [0, 0.1) is 5.92 Å². The monoisotopic (exact) mass is 180 g/mol. The van der Waals surface area contributed by atoms with Crippen LogP contribution in [-0.2, 0) is 0 Å². The van der Waals surface area contributed by atoms with Crippen LogP contribution in [0.2, 0.25) is 0 Å². The van der Waals surface area contributed by atoms with Gasteiger partial charge in [-0.3, -0.25) is 0 Å². The van der Waals surface area contributed by atoms with E-state index >= 15 is 0 Å². The van der Waals surface area contributed by atoms with Crippen LogP contribution < -0.4 is 4.74 Å². The van der Waals surface area contributed by atoms with Crippen LogP contribution in [0.4, 0.5) is 0 Å². The summed E-state index contributed by atoms with van der Waals surface area (Å²) in [5, 5.41) is 0. The second-order valence-corrected chi connectivity index (χ2v) is 3.77. The number of hydrogen-bond donors (Lipinski definition) is 0. The van der Waals surface area contributed by atoms with E-state index in [0.717, 1.165) is 18.3 Å². The zero-order valence-corrected chi connectivity index (χ0v) is 7.87. The van der Waals surface area contributed by atoms with Crippen LogP contribution in [0.1, 0.15) is 32.1 Å². The number of hydrogen-bond acceptors (Lipinski definition) is 2. The van der Waals surface area contributed by atoms with Gasteiger partial charge >= 0.3 is 0 Å². The molecule has 0 saturated heterocycles. The molecule has 72 valence electrons. The Morgan fingerprint density at radius 2 is 2.15 bits per heavy atom. The molecule has 0 spiro atoms. The minimum Gasteiger partial charge on any atom is -0.490 e. The summed E-state index contributed by atoms with van der Waals surface area (Å²) in [5.74, 6) is 1.63. The Bertz CT molecular complexity index is 222. The van der Waals surface area contributed by atoms with Gasteiger partial charge in [0.25, 0.3) is 0 Å². The standard InChI is InChI=1S/C11H16O2/c1-2-4-10(5-3-1)8-13-11-6-7-12-9-11/h6-7,9-10H,1-5,8H2. The molecule has 1 aromatic rings. The van der Waals surface area contributed by atoms with Gasteiger partial charge in [0.1, 0.15) is 6.26 Å². The molecule has 2 nitrogen and oxygen atoms in total. The lowest BCUT2D eigenvalue weighted by atomic mass is 9.90. The lowest BCUT2D eigenvalue weighted by Gasteiger charge is -2.20. The smallest absolute Gasteiger partial charge is 0.157 e. The highest BCUT2D eigenvalue weighted by Crippen LogP contribution is 2.24. The molecule has 0 N–H and O–H groups in total. The fraction of sp³-hybridized carbons (Fsp3) is 0.636. The Balaban J connectivity index is 1.72. The SMILES string of the molecule is c1cc(OCC2CCCCC2)co1. The van der Waals surface area contributed by atoms with Crippen molar-refractivity contribution in [3.8, 4) is 5.75 Å². The first-order chi connectivity index (χ1) is 6.45. The number of rotatable bonds is 3. The van der Waals surface area contributed by atoms with E-state index in [1.807, 2.05) is 6.07 Å². The van der Waals surface area contributed by atoms with Crippen LogP contribution in [0.15, 0.2) is 23.0 Å². The molecule has 1 saturated carbocycles. The van der Waals surface area contributed by atoms with Crippen molar-refractivity contribution in [2.45, 2.75) is 32.1 Å². The Morgan fingerprint density at radius 3 is 2.85 bits per heavy atom. The average molecular weight is 180 g/mol. The van der Waals surface area contributed by atoms with E-state index in [-0.39, 0.29) is 0 Å². The van der Waals surface area contributed by atoms with Gasteiger partial charge in [-0.15, -0.1) is 0 Å². The van der Waals surface area contributed by atoms with E-state index in [4.69, 9.17) is 9.15 Å². The van der Waals surface area contributed by atoms with Gasteiger partial charge < -0.3 is 9.15 Å². The van der Waals surface area contributed by atoms with Gasteiger partial charge in [-0.2, -0.15) is 0 Å². The van der Waals surface area contributed by atoms with Gasteiger partial charge in [-0.1, -0.05) is 19.3 Å². The molecule has 0 unspecified atom stereocenters. The van der Waals surface area contributed by atoms with E-state index in [1.165, 1.54) is 32.1 Å². The molecule has 1 heterocycles. The zero-order valence-electron chi connectivity index (χ0n) is 7.87. The van der Waals surface area contributed by atoms with Crippen molar-refractivity contribution in [2.75, 3.05) is 6.61 Å². The van der Waals surface area contributed by atoms with E-state index < -0.39 is 0 Å². The molecular weight excluding hydrogens is 164 g/mol. The molecule has 0 bridgehead atoms. The van der Waals surface area contributed by atoms with Crippen molar-refractivity contribution < 1.29 is 9.15 Å². The van der Waals surface area contributed by atoms with Crippen molar-refractivity contribution in [2.24, 2.45) is 5.92 Å². The molecule has 0 aliphatic heterocycles. The van der Waals surface area contributed by atoms with Gasteiger partial charge in [-0.25, -0.2) is 0 Å². The number of furan rings is 1. The quantitative estimate of drug-likeness (QED) is 0.712. The summed E-state index contributed by atoms with van der Waals surface area (Å²) in [7, 11) is 0. The third-order valence-corrected chi connectivity index (χ3v) is 2.71. The Hall–Kier alpha value is -0.920. The summed E-state index contributed by atoms with van der Waals surface area (Å²) >= 11 is 0. The summed E-state index contributed by atoms with van der Waals surface area (Å²) in [6.45, 7) is 0.861. The van der Waals surface area contributed by atoms with E-state index in [9.17, 15) is 0 Å². The molecule has 1 aliphatic rings. The maximum Gasteiger partial charge on any atom is 0.157 e. The first-order valence-electron chi connectivity index (χ1n) is 5.10. The average Bonchev–Trinajstić information content (AvgIpc) is 2.69. The second kappa shape index (κ2) is 4.35. The van der Waals surface area contributed by atoms with Crippen LogP contribution in [0.25, 0.3) is 0 Å². The molecule has 1 fully saturated rings. The Labute approximate surface area is 78.9 Å². The second-order valence-electron chi connectivity index (χ2n) is 3.77. The van der Waals surface area contributed by atoms with Crippen molar-refractivity contribution in [3.63, 3.8) is 0 Å². The van der Waals surface area contributed by atoms with Crippen LogP contribution in [0.3, 0.4) is 0 Å². The fourth-order valence-electron chi connectivity index (χ4n) is 1.90. The molecule has 1 aliphatic carbocycles. The van der Waals surface area contributed by atoms with Crippen LogP contribution in [0.5, 0.6) is 5.75 Å². The molecule has 0 radical (unpaired) electrons. The van der Waals surface area contributed by atoms with Crippen LogP contribution in [-0.4, -0.2) is 6.61 Å². The summed E-state index contributed by atoms with van der Waals surface area (Å²) in [4.78, 5) is 0. The van der Waals surface area contributed by atoms with Gasteiger partial charge in [0.15, 0.2) is 5.75 Å². The Morgan fingerprint density at radius 1 is 1.31 bits per heavy atom. The predicted molar refractivity (Wildman–Crippen MR) is 50.8 cm³/mol. The van der Waals surface area contributed by atoms with Crippen molar-refractivity contribution in [1.29, 1.82) is 0 Å². The summed E-state index contributed by atoms with van der Waals surface area (Å²) in [5.41, 5.74) is 0. The highest BCUT2D eigenvalue weighted by atomic mass is 16.5. The molecule has 13 heavy (non-hydrogen) atoms. The van der Waals surface area contributed by atoms with E-state index in [0.29, 0.717) is 0 Å². The van der Waals surface area contributed by atoms with Gasteiger partial charge in [0.05, 0.1) is 12.9 Å². The molecule has 2 rings (SSSR count). The summed E-state index contributed by atoms with van der Waals surface area (Å²) in [6, 6.07) is 1.86. The van der Waals surface area contributed by atoms with Gasteiger partial charge in [-0.05, 0) is 18.8 Å². The highest BCUT2D eigenvalue weighted by Gasteiger charge is 2.13. The van der Waals surface area contributed by atoms with Crippen molar-refractivity contribution >= 4 is 0 Å². The first kappa shape index (κ1) is 8.67. The van der Waals surface area contributed by atoms with E-state index in [1.54, 1.807) is 12.5 Å². The third-order valence-electron chi connectivity index (χ3n) is 2.71. The largest absolute Gasteiger partial charge is 0.490 e. The van der Waals surface area contributed by atoms with Crippen molar-refractivity contribution in [3.05, 3.63) is 18.6 Å². The Kier molecular flexibility index (Phi) is 2.90. The minimum absolute atomic E-state index is 0.767. The van der Waals surface area contributed by atoms with E-state index in [2.05, 4.69) is 0 Å². The lowest BCUT2D eigenvalue weighted by molar-refractivity contribution is 0.207. The normalized spacial score (nSPS) is 18.8. The van der Waals surface area contributed by atoms with Gasteiger partial charge in [0.2, 0.25) is 0 Å². The molecule has 0 amide bonds. The summed E-state index contributed by atoms with van der Waals surface area (Å²) < 4.78 is 10.5. The maximum atomic E-state index is 5.59. The predicted octanol–water partition coefficient (Wildman–Crippen LogP) is 3.24. The zero-order chi connectivity index (χ0) is 8.93. The molecule has 0 atom stereocenters. The van der Waals surface area contributed by atoms with Crippen LogP contribution >= 0.6 is 0 Å². The maximum absolute atomic E-state index is 5.59. The topological polar surface area (TPSA) is 22.4 Å². The van der Waals surface area contributed by atoms with Gasteiger partial charge in [0, 0.05) is 6.07 Å². The minimum atomic E-state index is 0.767. The third kappa shape index (κ3) is 2.51. The molecule has 0 aromatic carbocycles. The lowest BCUT2D eigenvalue weighted by Crippen LogP contribution is -2.14. The molecular formula is C11H16O2. The molecule has 1 aromatic heterocycles. The fourth-order valence-corrected chi connectivity index (χ4v) is 1.90. The number of ether oxygens (including phenoxy) is 1. The first-order valence-corrected chi connectivity index (χ1v) is 5.10. The molecule has 2 heteroatoms. The summed E-state index contributed by atoms with van der Waals surface area (Å²) in [6.07, 6.45) is 10.1. The van der Waals surface area contributed by atoms with Crippen molar-refractivity contribution in [1.82, 2.24) is 0 Å².